The van der Waals surface area contributed by atoms with Crippen LogP contribution in [0.4, 0.5) is 4.79 Å². The van der Waals surface area contributed by atoms with Gasteiger partial charge in [-0.1, -0.05) is 88.4 Å². The molecule has 0 aliphatic heterocycles. The normalized spacial score (nSPS) is 13.9. The first-order valence-electron chi connectivity index (χ1n) is 15.6. The molecule has 0 bridgehead atoms. The third-order valence-electron chi connectivity index (χ3n) is 7.38. The Labute approximate surface area is 277 Å². The SMILES string of the molecule is CC(C)C[C@H](NC(=O)OCc1ccccc1)C(=O)N[C@@H](CC(C)C)C(=O)[C@H](C=C(N)S(=O)(=O)c1ccccc1)Cc1ccc(O)cc1. The molecule has 0 saturated carbocycles. The second-order valence-electron chi connectivity index (χ2n) is 12.3. The molecule has 11 heteroatoms. The number of ketones is 1. The van der Waals surface area contributed by atoms with Gasteiger partial charge in [-0.15, -0.1) is 0 Å². The van der Waals surface area contributed by atoms with E-state index in [2.05, 4.69) is 10.6 Å². The van der Waals surface area contributed by atoms with Crippen molar-refractivity contribution >= 4 is 27.6 Å². The average Bonchev–Trinajstić information content (AvgIpc) is 3.03. The third kappa shape index (κ3) is 11.6. The van der Waals surface area contributed by atoms with Crippen LogP contribution in [0.25, 0.3) is 0 Å². The van der Waals surface area contributed by atoms with Gasteiger partial charge in [0.25, 0.3) is 0 Å². The second kappa shape index (κ2) is 17.3. The third-order valence-corrected chi connectivity index (χ3v) is 9.03. The van der Waals surface area contributed by atoms with Crippen molar-refractivity contribution in [2.24, 2.45) is 23.5 Å². The molecule has 252 valence electrons. The summed E-state index contributed by atoms with van der Waals surface area (Å²) in [5.74, 6) is -2.02. The fraction of sp³-hybridized carbons (Fsp3) is 0.361. The monoisotopic (exact) mass is 663 g/mol. The summed E-state index contributed by atoms with van der Waals surface area (Å²) in [6, 6.07) is 21.0. The number of alkyl carbamates (subject to hydrolysis) is 1. The van der Waals surface area contributed by atoms with Crippen molar-refractivity contribution < 1.29 is 32.6 Å². The lowest BCUT2D eigenvalue weighted by molar-refractivity contribution is -0.130. The maximum atomic E-state index is 14.2. The molecule has 0 heterocycles. The van der Waals surface area contributed by atoms with Gasteiger partial charge in [0.1, 0.15) is 23.4 Å². The molecule has 0 unspecified atom stereocenters. The fourth-order valence-corrected chi connectivity index (χ4v) is 6.14. The summed E-state index contributed by atoms with van der Waals surface area (Å²) in [5.41, 5.74) is 7.60. The fourth-order valence-electron chi connectivity index (χ4n) is 5.01. The van der Waals surface area contributed by atoms with Crippen LogP contribution in [-0.2, 0) is 37.2 Å². The van der Waals surface area contributed by atoms with E-state index in [4.69, 9.17) is 10.5 Å². The van der Waals surface area contributed by atoms with E-state index < -0.39 is 50.7 Å². The molecular formula is C36H45N3O7S. The van der Waals surface area contributed by atoms with Crippen molar-refractivity contribution in [1.82, 2.24) is 10.6 Å². The van der Waals surface area contributed by atoms with Gasteiger partial charge in [0, 0.05) is 5.92 Å². The summed E-state index contributed by atoms with van der Waals surface area (Å²) in [4.78, 5) is 40.6. The first-order valence-corrected chi connectivity index (χ1v) is 17.1. The van der Waals surface area contributed by atoms with Crippen LogP contribution in [-0.4, -0.2) is 43.4 Å². The van der Waals surface area contributed by atoms with Crippen molar-refractivity contribution in [3.63, 3.8) is 0 Å². The van der Waals surface area contributed by atoms with E-state index in [0.29, 0.717) is 5.56 Å². The van der Waals surface area contributed by atoms with Gasteiger partial charge in [-0.05, 0) is 72.6 Å². The lowest BCUT2D eigenvalue weighted by Gasteiger charge is -2.27. The molecule has 10 nitrogen and oxygen atoms in total. The molecule has 2 amide bonds. The largest absolute Gasteiger partial charge is 0.508 e. The zero-order valence-electron chi connectivity index (χ0n) is 27.3. The number of phenols is 1. The number of allylic oxidation sites excluding steroid dienone is 1. The van der Waals surface area contributed by atoms with Crippen LogP contribution >= 0.6 is 0 Å². The maximum Gasteiger partial charge on any atom is 0.408 e. The Morgan fingerprint density at radius 2 is 1.34 bits per heavy atom. The molecule has 5 N–H and O–H groups in total. The molecule has 3 aromatic rings. The molecule has 3 atom stereocenters. The predicted molar refractivity (Wildman–Crippen MR) is 181 cm³/mol. The Kier molecular flexibility index (Phi) is 13.6. The van der Waals surface area contributed by atoms with Crippen LogP contribution in [0.5, 0.6) is 5.75 Å². The van der Waals surface area contributed by atoms with Crippen LogP contribution in [0.3, 0.4) is 0 Å². The molecule has 0 aliphatic rings. The number of nitrogens with one attached hydrogen (secondary N) is 2. The Hall–Kier alpha value is -4.64. The number of ether oxygens (including phenoxy) is 1. The van der Waals surface area contributed by atoms with Gasteiger partial charge in [0.2, 0.25) is 15.7 Å². The molecule has 0 spiro atoms. The van der Waals surface area contributed by atoms with Gasteiger partial charge >= 0.3 is 6.09 Å². The van der Waals surface area contributed by atoms with Crippen molar-refractivity contribution in [3.8, 4) is 5.75 Å². The number of aromatic hydroxyl groups is 1. The molecule has 0 saturated heterocycles. The molecular weight excluding hydrogens is 618 g/mol. The minimum Gasteiger partial charge on any atom is -0.508 e. The van der Waals surface area contributed by atoms with E-state index in [1.165, 1.54) is 30.3 Å². The van der Waals surface area contributed by atoms with E-state index >= 15 is 0 Å². The average molecular weight is 664 g/mol. The van der Waals surface area contributed by atoms with Crippen LogP contribution in [0.15, 0.2) is 101 Å². The molecule has 0 aliphatic carbocycles. The highest BCUT2D eigenvalue weighted by atomic mass is 32.2. The summed E-state index contributed by atoms with van der Waals surface area (Å²) in [6.07, 6.45) is 1.06. The number of hydrogen-bond donors (Lipinski definition) is 4. The summed E-state index contributed by atoms with van der Waals surface area (Å²) in [5, 5.41) is 14.8. The van der Waals surface area contributed by atoms with Crippen LogP contribution in [0.2, 0.25) is 0 Å². The molecule has 0 aromatic heterocycles. The summed E-state index contributed by atoms with van der Waals surface area (Å²) in [6.45, 7) is 7.63. The Balaban J connectivity index is 1.89. The van der Waals surface area contributed by atoms with E-state index in [1.54, 1.807) is 30.3 Å². The van der Waals surface area contributed by atoms with E-state index in [1.807, 2.05) is 58.0 Å². The topological polar surface area (TPSA) is 165 Å². The molecule has 0 fully saturated rings. The highest BCUT2D eigenvalue weighted by molar-refractivity contribution is 7.95. The van der Waals surface area contributed by atoms with Gasteiger partial charge < -0.3 is 26.2 Å². The minimum absolute atomic E-state index is 0.0154. The van der Waals surface area contributed by atoms with E-state index in [-0.39, 0.29) is 48.4 Å². The van der Waals surface area contributed by atoms with Crippen LogP contribution in [0, 0.1) is 17.8 Å². The molecule has 3 aromatic carbocycles. The number of rotatable bonds is 16. The number of phenolic OH excluding ortho intramolecular Hbond substituents is 1. The number of sulfone groups is 1. The van der Waals surface area contributed by atoms with Crippen LogP contribution in [0.1, 0.15) is 51.7 Å². The van der Waals surface area contributed by atoms with Gasteiger partial charge in [0.15, 0.2) is 5.78 Å². The zero-order chi connectivity index (χ0) is 34.6. The van der Waals surface area contributed by atoms with E-state index in [9.17, 15) is 27.9 Å². The quantitative estimate of drug-likeness (QED) is 0.161. The summed E-state index contributed by atoms with van der Waals surface area (Å²) >= 11 is 0. The predicted octanol–water partition coefficient (Wildman–Crippen LogP) is 5.27. The first kappa shape index (κ1) is 36.8. The summed E-state index contributed by atoms with van der Waals surface area (Å²) in [7, 11) is -4.11. The Morgan fingerprint density at radius 1 is 0.787 bits per heavy atom. The number of hydrogen-bond acceptors (Lipinski definition) is 8. The first-order chi connectivity index (χ1) is 22.3. The highest BCUT2D eigenvalue weighted by Crippen LogP contribution is 2.23. The number of nitrogens with two attached hydrogens (primary N) is 1. The number of carbonyl (C=O) groups excluding carboxylic acids is 3. The smallest absolute Gasteiger partial charge is 0.408 e. The zero-order valence-corrected chi connectivity index (χ0v) is 28.1. The molecule has 3 rings (SSSR count). The van der Waals surface area contributed by atoms with Crippen molar-refractivity contribution in [3.05, 3.63) is 107 Å². The lowest BCUT2D eigenvalue weighted by atomic mass is 9.87. The van der Waals surface area contributed by atoms with Gasteiger partial charge in [-0.25, -0.2) is 13.2 Å². The van der Waals surface area contributed by atoms with Gasteiger partial charge in [-0.2, -0.15) is 0 Å². The van der Waals surface area contributed by atoms with Crippen molar-refractivity contribution in [1.29, 1.82) is 0 Å². The number of Topliss-reactive ketones (excluding diaryl/α,β-unsaturated/α-hetero) is 1. The van der Waals surface area contributed by atoms with Gasteiger partial charge in [0.05, 0.1) is 10.9 Å². The Morgan fingerprint density at radius 3 is 1.91 bits per heavy atom. The maximum absolute atomic E-state index is 14.2. The van der Waals surface area contributed by atoms with Gasteiger partial charge in [-0.3, -0.25) is 9.59 Å². The summed E-state index contributed by atoms with van der Waals surface area (Å²) < 4.78 is 31.9. The molecule has 47 heavy (non-hydrogen) atoms. The highest BCUT2D eigenvalue weighted by Gasteiger charge is 2.32. The number of carbonyl (C=O) groups is 3. The molecule has 0 radical (unpaired) electrons. The lowest BCUT2D eigenvalue weighted by Crippen LogP contribution is -2.53. The van der Waals surface area contributed by atoms with Crippen molar-refractivity contribution in [2.45, 2.75) is 70.5 Å². The van der Waals surface area contributed by atoms with Crippen molar-refractivity contribution in [2.75, 3.05) is 0 Å². The second-order valence-corrected chi connectivity index (χ2v) is 14.3. The minimum atomic E-state index is -4.11. The van der Waals surface area contributed by atoms with E-state index in [0.717, 1.165) is 5.56 Å². The number of benzene rings is 3. The van der Waals surface area contributed by atoms with Crippen LogP contribution < -0.4 is 16.4 Å². The Bertz CT molecular complexity index is 1610. The standard InChI is InChI=1S/C36H45N3O7S/c1-24(2)19-31(38-35(42)32(20-25(3)4)39-36(43)46-23-27-11-7-5-8-12-27)34(41)28(21-26-15-17-29(40)18-16-26)22-33(37)47(44,45)30-13-9-6-10-14-30/h5-18,22,24-25,28,31-32,40H,19-21,23,37H2,1-4H3,(H,38,42)(H,39,43)/t28-,31-,32-/m0/s1. The number of amides is 2.